The van der Waals surface area contributed by atoms with E-state index in [4.69, 9.17) is 4.74 Å². The molecule has 0 aliphatic heterocycles. The summed E-state index contributed by atoms with van der Waals surface area (Å²) >= 11 is 0. The molecule has 2 rings (SSSR count). The van der Waals surface area contributed by atoms with Crippen molar-refractivity contribution < 1.29 is 17.9 Å². The topological polar surface area (TPSA) is 45.7 Å². The summed E-state index contributed by atoms with van der Waals surface area (Å²) in [6, 6.07) is 4.87. The molecule has 2 N–H and O–H groups in total. The van der Waals surface area contributed by atoms with E-state index in [2.05, 4.69) is 15.6 Å². The Labute approximate surface area is 150 Å². The molecule has 0 saturated heterocycles. The van der Waals surface area contributed by atoms with Crippen LogP contribution in [0.1, 0.15) is 18.4 Å². The van der Waals surface area contributed by atoms with Crippen molar-refractivity contribution in [1.82, 2.24) is 10.6 Å². The Morgan fingerprint density at radius 3 is 2.65 bits per heavy atom. The second-order valence-electron chi connectivity index (χ2n) is 5.20. The predicted octanol–water partition coefficient (Wildman–Crippen LogP) is 3.28. The number of nitrogens with zero attached hydrogens (tertiary/aromatic N) is 1. The molecule has 0 bridgehead atoms. The van der Waals surface area contributed by atoms with E-state index in [0.29, 0.717) is 12.5 Å². The largest absolute Gasteiger partial charge is 0.492 e. The predicted molar refractivity (Wildman–Crippen MR) is 94.4 cm³/mol. The van der Waals surface area contributed by atoms with Crippen LogP contribution in [0.2, 0.25) is 0 Å². The van der Waals surface area contributed by atoms with Gasteiger partial charge in [-0.25, -0.2) is 0 Å². The molecule has 0 heterocycles. The number of alkyl halides is 3. The van der Waals surface area contributed by atoms with Crippen molar-refractivity contribution in [2.45, 2.75) is 19.0 Å². The summed E-state index contributed by atoms with van der Waals surface area (Å²) in [5.74, 6) is 1.62. The molecule has 1 aliphatic carbocycles. The number of rotatable bonds is 6. The van der Waals surface area contributed by atoms with Crippen LogP contribution in [0.25, 0.3) is 0 Å². The van der Waals surface area contributed by atoms with Gasteiger partial charge in [0.05, 0.1) is 12.1 Å². The lowest BCUT2D eigenvalue weighted by molar-refractivity contribution is -0.137. The molecule has 0 aromatic heterocycles. The normalized spacial score (nSPS) is 14.9. The van der Waals surface area contributed by atoms with Gasteiger partial charge in [-0.1, -0.05) is 6.07 Å². The van der Waals surface area contributed by atoms with Crippen molar-refractivity contribution in [3.8, 4) is 5.75 Å². The molecule has 0 unspecified atom stereocenters. The second kappa shape index (κ2) is 9.19. The zero-order valence-corrected chi connectivity index (χ0v) is 15.2. The maximum Gasteiger partial charge on any atom is 0.416 e. The maximum atomic E-state index is 12.6. The van der Waals surface area contributed by atoms with E-state index in [1.807, 2.05) is 0 Å². The Morgan fingerprint density at radius 1 is 1.30 bits per heavy atom. The molecule has 1 aliphatic rings. The van der Waals surface area contributed by atoms with Crippen molar-refractivity contribution in [3.63, 3.8) is 0 Å². The molecule has 0 amide bonds. The van der Waals surface area contributed by atoms with Crippen LogP contribution >= 0.6 is 24.0 Å². The standard InChI is InChI=1S/C15H20F3N3O.HI/c1-19-14(21-10-11-5-6-11)20-7-8-22-13-4-2-3-12(9-13)15(16,17)18;/h2-4,9,11H,5-8,10H2,1H3,(H2,19,20,21);1H. The van der Waals surface area contributed by atoms with E-state index in [1.165, 1.54) is 25.0 Å². The van der Waals surface area contributed by atoms with Gasteiger partial charge in [0, 0.05) is 13.6 Å². The van der Waals surface area contributed by atoms with Gasteiger partial charge in [0.15, 0.2) is 5.96 Å². The van der Waals surface area contributed by atoms with Gasteiger partial charge in [0.2, 0.25) is 0 Å². The van der Waals surface area contributed by atoms with Crippen LogP contribution in [0.15, 0.2) is 29.3 Å². The van der Waals surface area contributed by atoms with E-state index in [1.54, 1.807) is 7.05 Å². The van der Waals surface area contributed by atoms with Crippen LogP contribution in [0.4, 0.5) is 13.2 Å². The monoisotopic (exact) mass is 443 g/mol. The van der Waals surface area contributed by atoms with E-state index in [9.17, 15) is 13.2 Å². The van der Waals surface area contributed by atoms with Crippen molar-refractivity contribution in [3.05, 3.63) is 29.8 Å². The third-order valence-electron chi connectivity index (χ3n) is 3.30. The van der Waals surface area contributed by atoms with Gasteiger partial charge in [-0.05, 0) is 37.0 Å². The Morgan fingerprint density at radius 2 is 2.04 bits per heavy atom. The van der Waals surface area contributed by atoms with Crippen LogP contribution in [0, 0.1) is 5.92 Å². The first-order chi connectivity index (χ1) is 10.5. The molecular weight excluding hydrogens is 422 g/mol. The van der Waals surface area contributed by atoms with Gasteiger partial charge in [-0.15, -0.1) is 24.0 Å². The molecule has 1 saturated carbocycles. The lowest BCUT2D eigenvalue weighted by atomic mass is 10.2. The molecule has 8 heteroatoms. The van der Waals surface area contributed by atoms with Crippen LogP contribution in [-0.2, 0) is 6.18 Å². The highest BCUT2D eigenvalue weighted by molar-refractivity contribution is 14.0. The maximum absolute atomic E-state index is 12.6. The first-order valence-electron chi connectivity index (χ1n) is 7.23. The van der Waals surface area contributed by atoms with Gasteiger partial charge in [-0.2, -0.15) is 13.2 Å². The third kappa shape index (κ3) is 7.28. The average molecular weight is 443 g/mol. The van der Waals surface area contributed by atoms with Gasteiger partial charge in [0.1, 0.15) is 12.4 Å². The molecule has 0 radical (unpaired) electrons. The first kappa shape index (κ1) is 19.9. The zero-order valence-electron chi connectivity index (χ0n) is 12.8. The number of nitrogens with one attached hydrogen (secondary N) is 2. The fourth-order valence-electron chi connectivity index (χ4n) is 1.88. The van der Waals surface area contributed by atoms with Gasteiger partial charge < -0.3 is 15.4 Å². The Kier molecular flexibility index (Phi) is 7.93. The Balaban J connectivity index is 0.00000264. The minimum atomic E-state index is -4.35. The SMILES string of the molecule is CN=C(NCCOc1cccc(C(F)(F)F)c1)NCC1CC1.I. The first-order valence-corrected chi connectivity index (χ1v) is 7.23. The molecule has 1 fully saturated rings. The van der Waals surface area contributed by atoms with Gasteiger partial charge >= 0.3 is 6.18 Å². The molecule has 1 aromatic rings. The summed E-state index contributed by atoms with van der Waals surface area (Å²) in [6.07, 6.45) is -1.85. The highest BCUT2D eigenvalue weighted by Crippen LogP contribution is 2.31. The number of ether oxygens (including phenoxy) is 1. The molecular formula is C15H21F3IN3O. The molecule has 130 valence electrons. The Bertz CT molecular complexity index is 519. The van der Waals surface area contributed by atoms with Crippen LogP contribution in [-0.4, -0.2) is 32.7 Å². The quantitative estimate of drug-likeness (QED) is 0.307. The number of guanidine groups is 1. The summed E-state index contributed by atoms with van der Waals surface area (Å²) in [7, 11) is 1.68. The van der Waals surface area contributed by atoms with E-state index >= 15 is 0 Å². The minimum absolute atomic E-state index is 0. The molecule has 0 atom stereocenters. The van der Waals surface area contributed by atoms with E-state index < -0.39 is 11.7 Å². The fraction of sp³-hybridized carbons (Fsp3) is 0.533. The van der Waals surface area contributed by atoms with Crippen molar-refractivity contribution >= 4 is 29.9 Å². The summed E-state index contributed by atoms with van der Waals surface area (Å²) in [5, 5.41) is 6.25. The molecule has 1 aromatic carbocycles. The fourth-order valence-corrected chi connectivity index (χ4v) is 1.88. The summed E-state index contributed by atoms with van der Waals surface area (Å²) < 4.78 is 43.0. The summed E-state index contributed by atoms with van der Waals surface area (Å²) in [5.41, 5.74) is -0.708. The molecule has 0 spiro atoms. The van der Waals surface area contributed by atoms with Crippen molar-refractivity contribution in [2.24, 2.45) is 10.9 Å². The van der Waals surface area contributed by atoms with E-state index in [0.717, 1.165) is 24.6 Å². The minimum Gasteiger partial charge on any atom is -0.492 e. The lowest BCUT2D eigenvalue weighted by Crippen LogP contribution is -2.40. The van der Waals surface area contributed by atoms with Crippen LogP contribution in [0.3, 0.4) is 0 Å². The number of hydrogen-bond acceptors (Lipinski definition) is 2. The highest BCUT2D eigenvalue weighted by atomic mass is 127. The summed E-state index contributed by atoms with van der Waals surface area (Å²) in [4.78, 5) is 4.07. The number of halogens is 4. The lowest BCUT2D eigenvalue weighted by Gasteiger charge is -2.13. The number of hydrogen-bond donors (Lipinski definition) is 2. The second-order valence-corrected chi connectivity index (χ2v) is 5.20. The Hall–Kier alpha value is -1.19. The number of aliphatic imine (C=N–C) groups is 1. The van der Waals surface area contributed by atoms with Gasteiger partial charge in [0.25, 0.3) is 0 Å². The van der Waals surface area contributed by atoms with Crippen molar-refractivity contribution in [2.75, 3.05) is 26.7 Å². The van der Waals surface area contributed by atoms with Crippen LogP contribution in [0.5, 0.6) is 5.75 Å². The zero-order chi connectivity index (χ0) is 16.0. The molecule has 23 heavy (non-hydrogen) atoms. The van der Waals surface area contributed by atoms with Crippen molar-refractivity contribution in [1.29, 1.82) is 0 Å². The highest BCUT2D eigenvalue weighted by Gasteiger charge is 2.30. The van der Waals surface area contributed by atoms with E-state index in [-0.39, 0.29) is 36.3 Å². The smallest absolute Gasteiger partial charge is 0.416 e. The number of benzene rings is 1. The third-order valence-corrected chi connectivity index (χ3v) is 3.30. The van der Waals surface area contributed by atoms with Gasteiger partial charge in [-0.3, -0.25) is 4.99 Å². The molecule has 4 nitrogen and oxygen atoms in total. The van der Waals surface area contributed by atoms with Crippen LogP contribution < -0.4 is 15.4 Å². The summed E-state index contributed by atoms with van der Waals surface area (Å²) in [6.45, 7) is 1.61. The average Bonchev–Trinajstić information content (AvgIpc) is 3.30.